The van der Waals surface area contributed by atoms with Crippen LogP contribution in [0.15, 0.2) is 34.9 Å². The van der Waals surface area contributed by atoms with Gasteiger partial charge in [-0.2, -0.15) is 11.8 Å². The number of halogens is 1. The molecule has 1 atom stereocenters. The van der Waals surface area contributed by atoms with Gasteiger partial charge >= 0.3 is 0 Å². The maximum absolute atomic E-state index is 13.1. The van der Waals surface area contributed by atoms with Crippen LogP contribution in [-0.4, -0.2) is 16.8 Å². The van der Waals surface area contributed by atoms with E-state index in [1.807, 2.05) is 0 Å². The minimum Gasteiger partial charge on any atom is -0.444 e. The van der Waals surface area contributed by atoms with E-state index in [9.17, 15) is 4.39 Å². The maximum Gasteiger partial charge on any atom is 0.226 e. The summed E-state index contributed by atoms with van der Waals surface area (Å²) in [5.41, 5.74) is 7.04. The van der Waals surface area contributed by atoms with Gasteiger partial charge in [-0.05, 0) is 18.2 Å². The number of aromatic nitrogens is 1. The summed E-state index contributed by atoms with van der Waals surface area (Å²) in [6.07, 6.45) is 1.61. The highest BCUT2D eigenvalue weighted by molar-refractivity contribution is 7.99. The molecule has 1 aromatic carbocycles. The highest BCUT2D eigenvalue weighted by Crippen LogP contribution is 2.22. The second-order valence-corrected chi connectivity index (χ2v) is 5.44. The van der Waals surface area contributed by atoms with Crippen LogP contribution in [0.5, 0.6) is 0 Å². The molecule has 0 bridgehead atoms. The Balaban J connectivity index is 2.06. The topological polar surface area (TPSA) is 52.0 Å². The van der Waals surface area contributed by atoms with Crippen LogP contribution in [0.2, 0.25) is 0 Å². The van der Waals surface area contributed by atoms with Crippen LogP contribution in [0.3, 0.4) is 0 Å². The van der Waals surface area contributed by atoms with Crippen molar-refractivity contribution in [2.45, 2.75) is 17.9 Å². The first-order valence-corrected chi connectivity index (χ1v) is 6.76. The van der Waals surface area contributed by atoms with Crippen LogP contribution < -0.4 is 5.73 Å². The van der Waals surface area contributed by atoms with Crippen molar-refractivity contribution in [1.29, 1.82) is 0 Å². The molecule has 0 spiro atoms. The summed E-state index contributed by atoms with van der Waals surface area (Å²) in [5.74, 6) is 0.904. The molecule has 1 aromatic heterocycles. The summed E-state index contributed by atoms with van der Waals surface area (Å²) in [6, 6.07) is 6.21. The highest BCUT2D eigenvalue weighted by atomic mass is 32.2. The van der Waals surface area contributed by atoms with Crippen LogP contribution in [0, 0.1) is 5.82 Å². The van der Waals surface area contributed by atoms with E-state index in [0.717, 1.165) is 11.4 Å². The predicted octanol–water partition coefficient (Wildman–Crippen LogP) is 3.06. The smallest absolute Gasteiger partial charge is 0.226 e. The van der Waals surface area contributed by atoms with Gasteiger partial charge in [0.1, 0.15) is 12.1 Å². The lowest BCUT2D eigenvalue weighted by Gasteiger charge is -2.04. The Labute approximate surface area is 110 Å². The van der Waals surface area contributed by atoms with Crippen LogP contribution >= 0.6 is 11.8 Å². The van der Waals surface area contributed by atoms with Gasteiger partial charge in [-0.1, -0.05) is 13.0 Å². The molecular formula is C13H15FN2OS. The van der Waals surface area contributed by atoms with E-state index in [1.54, 1.807) is 30.2 Å². The lowest BCUT2D eigenvalue weighted by molar-refractivity contribution is 0.571. The van der Waals surface area contributed by atoms with Gasteiger partial charge in [0.05, 0.1) is 5.69 Å². The van der Waals surface area contributed by atoms with E-state index in [4.69, 9.17) is 10.2 Å². The summed E-state index contributed by atoms with van der Waals surface area (Å²) in [7, 11) is 0. The molecular weight excluding hydrogens is 251 g/mol. The summed E-state index contributed by atoms with van der Waals surface area (Å²) in [6.45, 7) is 2.71. The average Bonchev–Trinajstić information content (AvgIpc) is 2.84. The van der Waals surface area contributed by atoms with E-state index in [0.29, 0.717) is 23.2 Å². The van der Waals surface area contributed by atoms with E-state index in [1.165, 1.54) is 12.1 Å². The summed E-state index contributed by atoms with van der Waals surface area (Å²) < 4.78 is 18.4. The molecule has 0 fully saturated rings. The number of nitrogens with zero attached hydrogens (tertiary/aromatic N) is 1. The Morgan fingerprint density at radius 3 is 3.06 bits per heavy atom. The molecule has 5 heteroatoms. The molecule has 3 nitrogen and oxygen atoms in total. The average molecular weight is 266 g/mol. The molecule has 0 saturated carbocycles. The van der Waals surface area contributed by atoms with Crippen molar-refractivity contribution in [3.8, 4) is 11.5 Å². The van der Waals surface area contributed by atoms with E-state index in [-0.39, 0.29) is 5.82 Å². The first-order chi connectivity index (χ1) is 8.69. The second kappa shape index (κ2) is 6.02. The van der Waals surface area contributed by atoms with Crippen molar-refractivity contribution >= 4 is 11.8 Å². The fraction of sp³-hybridized carbons (Fsp3) is 0.308. The Hall–Kier alpha value is -1.33. The molecule has 1 unspecified atom stereocenters. The van der Waals surface area contributed by atoms with Gasteiger partial charge in [-0.3, -0.25) is 0 Å². The summed E-state index contributed by atoms with van der Waals surface area (Å²) in [5, 5.41) is 0.388. The number of rotatable bonds is 5. The van der Waals surface area contributed by atoms with Crippen molar-refractivity contribution in [2.24, 2.45) is 5.73 Å². The van der Waals surface area contributed by atoms with E-state index in [2.05, 4.69) is 11.9 Å². The molecule has 96 valence electrons. The molecule has 0 radical (unpaired) electrons. The Bertz CT molecular complexity index is 515. The Morgan fingerprint density at radius 2 is 2.33 bits per heavy atom. The van der Waals surface area contributed by atoms with Crippen molar-refractivity contribution in [3.63, 3.8) is 0 Å². The van der Waals surface area contributed by atoms with E-state index >= 15 is 0 Å². The van der Waals surface area contributed by atoms with E-state index < -0.39 is 0 Å². The lowest BCUT2D eigenvalue weighted by Crippen LogP contribution is -2.12. The van der Waals surface area contributed by atoms with Gasteiger partial charge in [-0.15, -0.1) is 0 Å². The van der Waals surface area contributed by atoms with Crippen LogP contribution in [0.1, 0.15) is 12.6 Å². The SMILES string of the molecule is CC(CN)SCc1coc(-c2cccc(F)c2)n1. The highest BCUT2D eigenvalue weighted by Gasteiger charge is 2.08. The third kappa shape index (κ3) is 3.34. The molecule has 0 aliphatic rings. The van der Waals surface area contributed by atoms with Crippen molar-refractivity contribution in [3.05, 3.63) is 42.0 Å². The zero-order valence-electron chi connectivity index (χ0n) is 10.1. The Kier molecular flexibility index (Phi) is 4.38. The fourth-order valence-corrected chi connectivity index (χ4v) is 2.15. The van der Waals surface area contributed by atoms with Crippen LogP contribution in [0.4, 0.5) is 4.39 Å². The quantitative estimate of drug-likeness (QED) is 0.903. The fourth-order valence-electron chi connectivity index (χ4n) is 1.42. The Morgan fingerprint density at radius 1 is 1.50 bits per heavy atom. The first-order valence-electron chi connectivity index (χ1n) is 5.71. The maximum atomic E-state index is 13.1. The number of thioether (sulfide) groups is 1. The molecule has 0 saturated heterocycles. The molecule has 2 N–H and O–H groups in total. The molecule has 0 aliphatic carbocycles. The minimum absolute atomic E-state index is 0.293. The number of nitrogens with two attached hydrogens (primary N) is 1. The van der Waals surface area contributed by atoms with Crippen molar-refractivity contribution in [2.75, 3.05) is 6.54 Å². The molecule has 2 aromatic rings. The normalized spacial score (nSPS) is 12.6. The summed E-state index contributed by atoms with van der Waals surface area (Å²) in [4.78, 5) is 4.33. The predicted molar refractivity (Wildman–Crippen MR) is 71.7 cm³/mol. The number of hydrogen-bond acceptors (Lipinski definition) is 4. The first kappa shape index (κ1) is 13.1. The van der Waals surface area contributed by atoms with Gasteiger partial charge in [0.2, 0.25) is 5.89 Å². The molecule has 1 heterocycles. The molecule has 0 aliphatic heterocycles. The van der Waals surface area contributed by atoms with Gasteiger partial charge in [0.25, 0.3) is 0 Å². The minimum atomic E-state index is -0.293. The van der Waals surface area contributed by atoms with Gasteiger partial charge < -0.3 is 10.2 Å². The molecule has 18 heavy (non-hydrogen) atoms. The van der Waals surface area contributed by atoms with Crippen LogP contribution in [-0.2, 0) is 5.75 Å². The lowest BCUT2D eigenvalue weighted by atomic mass is 10.2. The largest absolute Gasteiger partial charge is 0.444 e. The standard InChI is InChI=1S/C13H15FN2OS/c1-9(6-15)18-8-12-7-17-13(16-12)10-3-2-4-11(14)5-10/h2-5,7,9H,6,8,15H2,1H3. The number of benzene rings is 1. The zero-order chi connectivity index (χ0) is 13.0. The monoisotopic (exact) mass is 266 g/mol. The molecule has 0 amide bonds. The van der Waals surface area contributed by atoms with Crippen LogP contribution in [0.25, 0.3) is 11.5 Å². The second-order valence-electron chi connectivity index (χ2n) is 4.01. The third-order valence-electron chi connectivity index (χ3n) is 2.47. The summed E-state index contributed by atoms with van der Waals surface area (Å²) >= 11 is 1.72. The van der Waals surface area contributed by atoms with Gasteiger partial charge in [0.15, 0.2) is 0 Å². The molecule has 2 rings (SSSR count). The van der Waals surface area contributed by atoms with Crippen molar-refractivity contribution in [1.82, 2.24) is 4.98 Å². The number of oxazole rings is 1. The van der Waals surface area contributed by atoms with Gasteiger partial charge in [0, 0.05) is 23.1 Å². The zero-order valence-corrected chi connectivity index (χ0v) is 10.9. The third-order valence-corrected chi connectivity index (χ3v) is 3.69. The van der Waals surface area contributed by atoms with Crippen molar-refractivity contribution < 1.29 is 8.81 Å². The number of hydrogen-bond donors (Lipinski definition) is 1. The van der Waals surface area contributed by atoms with Gasteiger partial charge in [-0.25, -0.2) is 9.37 Å².